The summed E-state index contributed by atoms with van der Waals surface area (Å²) < 4.78 is 0. The Morgan fingerprint density at radius 2 is 2.08 bits per heavy atom. The fourth-order valence-electron chi connectivity index (χ4n) is 0.989. The van der Waals surface area contributed by atoms with Gasteiger partial charge in [0.1, 0.15) is 6.04 Å². The highest BCUT2D eigenvalue weighted by molar-refractivity contribution is 5.81. The third-order valence-corrected chi connectivity index (χ3v) is 1.83. The molecule has 0 aliphatic carbocycles. The highest BCUT2D eigenvalue weighted by Crippen LogP contribution is 1.98. The van der Waals surface area contributed by atoms with Gasteiger partial charge >= 0.3 is 5.97 Å². The number of carboxylic acid groups (broad SMARTS) is 1. The molecule has 0 spiro atoms. The molecule has 0 aromatic heterocycles. The van der Waals surface area contributed by atoms with Crippen molar-refractivity contribution in [2.24, 2.45) is 0 Å². The predicted molar refractivity (Wildman–Crippen MR) is 48.4 cm³/mol. The lowest BCUT2D eigenvalue weighted by Crippen LogP contribution is -2.44. The lowest BCUT2D eigenvalue weighted by atomic mass is 10.3. The number of carbonyl (C=O) groups excluding carboxylic acids is 1. The molecule has 1 amide bonds. The Balaban J connectivity index is 4.24. The smallest absolute Gasteiger partial charge is 0.326 e. The molecule has 13 heavy (non-hydrogen) atoms. The van der Waals surface area contributed by atoms with Crippen LogP contribution in [-0.2, 0) is 9.59 Å². The Morgan fingerprint density at radius 3 is 2.38 bits per heavy atom. The average molecular weight is 188 g/mol. The molecule has 0 aliphatic rings. The molecule has 2 N–H and O–H groups in total. The summed E-state index contributed by atoms with van der Waals surface area (Å²) in [6, 6.07) is -0.758. The molecular weight excluding hydrogens is 172 g/mol. The number of hydrogen-bond donors (Lipinski definition) is 2. The van der Waals surface area contributed by atoms with Crippen molar-refractivity contribution in [3.63, 3.8) is 0 Å². The lowest BCUT2D eigenvalue weighted by molar-refractivity contribution is -0.148. The second-order valence-corrected chi connectivity index (χ2v) is 2.83. The van der Waals surface area contributed by atoms with Crippen LogP contribution in [0.4, 0.5) is 0 Å². The van der Waals surface area contributed by atoms with Gasteiger partial charge in [-0.25, -0.2) is 4.79 Å². The molecule has 0 heterocycles. The first kappa shape index (κ1) is 11.9. The van der Waals surface area contributed by atoms with Gasteiger partial charge in [0.15, 0.2) is 0 Å². The normalized spacial score (nSPS) is 12.2. The SMILES string of the molecule is CNCCN(C(C)=O)C(C)C(=O)O. The van der Waals surface area contributed by atoms with Crippen LogP contribution < -0.4 is 5.32 Å². The van der Waals surface area contributed by atoms with Gasteiger partial charge in [-0.2, -0.15) is 0 Å². The van der Waals surface area contributed by atoms with E-state index < -0.39 is 12.0 Å². The fourth-order valence-corrected chi connectivity index (χ4v) is 0.989. The van der Waals surface area contributed by atoms with Crippen LogP contribution in [0.25, 0.3) is 0 Å². The number of hydrogen-bond acceptors (Lipinski definition) is 3. The average Bonchev–Trinajstić information content (AvgIpc) is 2.04. The molecule has 0 radical (unpaired) electrons. The summed E-state index contributed by atoms with van der Waals surface area (Å²) in [6.45, 7) is 3.88. The molecule has 0 saturated carbocycles. The zero-order valence-electron chi connectivity index (χ0n) is 8.20. The molecule has 0 rings (SSSR count). The van der Waals surface area contributed by atoms with Gasteiger partial charge in [-0.3, -0.25) is 4.79 Å². The maximum atomic E-state index is 11.0. The summed E-state index contributed by atoms with van der Waals surface area (Å²) in [6.07, 6.45) is 0. The Kier molecular flexibility index (Phi) is 5.06. The third kappa shape index (κ3) is 3.89. The monoisotopic (exact) mass is 188 g/mol. The molecule has 0 aromatic rings. The van der Waals surface area contributed by atoms with Crippen molar-refractivity contribution in [2.75, 3.05) is 20.1 Å². The molecule has 0 aliphatic heterocycles. The van der Waals surface area contributed by atoms with E-state index in [9.17, 15) is 9.59 Å². The van der Waals surface area contributed by atoms with Crippen molar-refractivity contribution in [2.45, 2.75) is 19.9 Å². The van der Waals surface area contributed by atoms with E-state index in [2.05, 4.69) is 5.32 Å². The maximum Gasteiger partial charge on any atom is 0.326 e. The van der Waals surface area contributed by atoms with E-state index in [-0.39, 0.29) is 5.91 Å². The predicted octanol–water partition coefficient (Wildman–Crippen LogP) is -0.473. The van der Waals surface area contributed by atoms with Crippen LogP contribution in [0, 0.1) is 0 Å². The van der Waals surface area contributed by atoms with Crippen molar-refractivity contribution in [1.29, 1.82) is 0 Å². The van der Waals surface area contributed by atoms with Crippen LogP contribution in [0.3, 0.4) is 0 Å². The zero-order chi connectivity index (χ0) is 10.4. The standard InChI is InChI=1S/C8H16N2O3/c1-6(8(12)13)10(7(2)11)5-4-9-3/h6,9H,4-5H2,1-3H3,(H,12,13). The Hall–Kier alpha value is -1.10. The molecule has 5 nitrogen and oxygen atoms in total. The number of carboxylic acids is 1. The van der Waals surface area contributed by atoms with Crippen LogP contribution in [-0.4, -0.2) is 48.1 Å². The van der Waals surface area contributed by atoms with Gasteiger partial charge in [-0.15, -0.1) is 0 Å². The zero-order valence-corrected chi connectivity index (χ0v) is 8.20. The summed E-state index contributed by atoms with van der Waals surface area (Å²) in [7, 11) is 1.75. The van der Waals surface area contributed by atoms with Gasteiger partial charge in [0, 0.05) is 20.0 Å². The van der Waals surface area contributed by atoms with Crippen LogP contribution in [0.5, 0.6) is 0 Å². The molecule has 1 unspecified atom stereocenters. The molecule has 5 heteroatoms. The van der Waals surface area contributed by atoms with Gasteiger partial charge in [-0.05, 0) is 14.0 Å². The summed E-state index contributed by atoms with van der Waals surface area (Å²) in [4.78, 5) is 22.9. The van der Waals surface area contributed by atoms with E-state index in [4.69, 9.17) is 5.11 Å². The molecule has 0 bridgehead atoms. The van der Waals surface area contributed by atoms with Crippen LogP contribution in [0.2, 0.25) is 0 Å². The van der Waals surface area contributed by atoms with Gasteiger partial charge in [-0.1, -0.05) is 0 Å². The van der Waals surface area contributed by atoms with E-state index in [0.29, 0.717) is 13.1 Å². The maximum absolute atomic E-state index is 11.0. The molecule has 0 aromatic carbocycles. The number of amides is 1. The number of nitrogens with zero attached hydrogens (tertiary/aromatic N) is 1. The van der Waals surface area contributed by atoms with E-state index in [0.717, 1.165) is 0 Å². The van der Waals surface area contributed by atoms with Gasteiger partial charge in [0.2, 0.25) is 5.91 Å². The lowest BCUT2D eigenvalue weighted by Gasteiger charge is -2.24. The first-order chi connectivity index (χ1) is 6.00. The Bertz CT molecular complexity index is 194. The van der Waals surface area contributed by atoms with E-state index in [1.807, 2.05) is 0 Å². The van der Waals surface area contributed by atoms with E-state index in [1.54, 1.807) is 7.05 Å². The molecular formula is C8H16N2O3. The summed E-state index contributed by atoms with van der Waals surface area (Å²) in [5, 5.41) is 11.5. The van der Waals surface area contributed by atoms with E-state index >= 15 is 0 Å². The van der Waals surface area contributed by atoms with Crippen molar-refractivity contribution in [1.82, 2.24) is 10.2 Å². The highest BCUT2D eigenvalue weighted by atomic mass is 16.4. The van der Waals surface area contributed by atoms with Crippen molar-refractivity contribution in [3.8, 4) is 0 Å². The van der Waals surface area contributed by atoms with Crippen molar-refractivity contribution >= 4 is 11.9 Å². The fraction of sp³-hybridized carbons (Fsp3) is 0.750. The molecule has 0 fully saturated rings. The number of nitrogens with one attached hydrogen (secondary N) is 1. The van der Waals surface area contributed by atoms with Crippen LogP contribution in [0.1, 0.15) is 13.8 Å². The largest absolute Gasteiger partial charge is 0.480 e. The van der Waals surface area contributed by atoms with Gasteiger partial charge < -0.3 is 15.3 Å². The van der Waals surface area contributed by atoms with Crippen molar-refractivity contribution < 1.29 is 14.7 Å². The minimum atomic E-state index is -0.980. The highest BCUT2D eigenvalue weighted by Gasteiger charge is 2.21. The molecule has 0 saturated heterocycles. The third-order valence-electron chi connectivity index (χ3n) is 1.83. The second-order valence-electron chi connectivity index (χ2n) is 2.83. The topological polar surface area (TPSA) is 69.6 Å². The van der Waals surface area contributed by atoms with Crippen molar-refractivity contribution in [3.05, 3.63) is 0 Å². The Labute approximate surface area is 77.7 Å². The second kappa shape index (κ2) is 5.53. The number of aliphatic carboxylic acids is 1. The molecule has 1 atom stereocenters. The number of carbonyl (C=O) groups is 2. The first-order valence-electron chi connectivity index (χ1n) is 4.15. The van der Waals surface area contributed by atoms with E-state index in [1.165, 1.54) is 18.7 Å². The quantitative estimate of drug-likeness (QED) is 0.612. The van der Waals surface area contributed by atoms with Crippen LogP contribution in [0.15, 0.2) is 0 Å². The van der Waals surface area contributed by atoms with Crippen LogP contribution >= 0.6 is 0 Å². The number of rotatable bonds is 5. The summed E-state index contributed by atoms with van der Waals surface area (Å²) in [5.41, 5.74) is 0. The first-order valence-corrected chi connectivity index (χ1v) is 4.15. The Morgan fingerprint density at radius 1 is 1.54 bits per heavy atom. The van der Waals surface area contributed by atoms with Gasteiger partial charge in [0.25, 0.3) is 0 Å². The van der Waals surface area contributed by atoms with Gasteiger partial charge in [0.05, 0.1) is 0 Å². The molecule has 76 valence electrons. The minimum Gasteiger partial charge on any atom is -0.480 e. The summed E-state index contributed by atoms with van der Waals surface area (Å²) >= 11 is 0. The minimum absolute atomic E-state index is 0.217. The summed E-state index contributed by atoms with van der Waals surface area (Å²) in [5.74, 6) is -1.20. The number of likely N-dealkylation sites (N-methyl/N-ethyl adjacent to an activating group) is 1.